The van der Waals surface area contributed by atoms with Crippen LogP contribution in [0.4, 0.5) is 0 Å². The lowest BCUT2D eigenvalue weighted by Crippen LogP contribution is -2.53. The molecule has 0 spiro atoms. The first-order valence-electron chi connectivity index (χ1n) is 9.43. The summed E-state index contributed by atoms with van der Waals surface area (Å²) in [5.41, 5.74) is 2.55. The molecule has 1 aromatic carbocycles. The van der Waals surface area contributed by atoms with Crippen LogP contribution in [0, 0.1) is 13.8 Å². The fraction of sp³-hybridized carbons (Fsp3) is 0.476. The summed E-state index contributed by atoms with van der Waals surface area (Å²) in [5.74, 6) is -1.01. The van der Waals surface area contributed by atoms with E-state index in [0.717, 1.165) is 42.3 Å². The van der Waals surface area contributed by atoms with E-state index in [1.54, 1.807) is 18.7 Å². The SMILES string of the molecule is Cc1nn(C)c(C)c1C(=O)C(=O)NC1(Cc2ccc(Br)cc2)CCCCC1. The van der Waals surface area contributed by atoms with Crippen molar-refractivity contribution in [2.24, 2.45) is 7.05 Å². The van der Waals surface area contributed by atoms with E-state index in [0.29, 0.717) is 11.3 Å². The number of carbonyl (C=O) groups is 2. The average Bonchev–Trinajstić information content (AvgIpc) is 2.89. The predicted octanol–water partition coefficient (Wildman–Crippen LogP) is 4.04. The number of hydrogen-bond donors (Lipinski definition) is 1. The summed E-state index contributed by atoms with van der Waals surface area (Å²) < 4.78 is 2.68. The second kappa shape index (κ2) is 7.97. The monoisotopic (exact) mass is 431 g/mol. The zero-order valence-corrected chi connectivity index (χ0v) is 17.7. The van der Waals surface area contributed by atoms with E-state index >= 15 is 0 Å². The van der Waals surface area contributed by atoms with Crippen LogP contribution in [0.2, 0.25) is 0 Å². The van der Waals surface area contributed by atoms with E-state index in [4.69, 9.17) is 0 Å². The van der Waals surface area contributed by atoms with Crippen LogP contribution in [0.1, 0.15) is 59.4 Å². The number of ketones is 1. The second-order valence-corrected chi connectivity index (χ2v) is 8.51. The Hall–Kier alpha value is -1.95. The minimum absolute atomic E-state index is 0.358. The number of aromatic nitrogens is 2. The van der Waals surface area contributed by atoms with Crippen LogP contribution in [0.25, 0.3) is 0 Å². The van der Waals surface area contributed by atoms with Crippen molar-refractivity contribution in [1.29, 1.82) is 0 Å². The van der Waals surface area contributed by atoms with E-state index in [2.05, 4.69) is 38.5 Å². The Morgan fingerprint density at radius 3 is 2.33 bits per heavy atom. The van der Waals surface area contributed by atoms with E-state index in [1.165, 1.54) is 12.0 Å². The molecule has 1 aliphatic rings. The van der Waals surface area contributed by atoms with Gasteiger partial charge in [-0.15, -0.1) is 0 Å². The fourth-order valence-electron chi connectivity index (χ4n) is 4.08. The van der Waals surface area contributed by atoms with Crippen molar-refractivity contribution < 1.29 is 9.59 Å². The summed E-state index contributed by atoms with van der Waals surface area (Å²) >= 11 is 3.46. The Morgan fingerprint density at radius 1 is 1.15 bits per heavy atom. The fourth-order valence-corrected chi connectivity index (χ4v) is 4.35. The van der Waals surface area contributed by atoms with Crippen molar-refractivity contribution in [2.45, 2.75) is 57.9 Å². The molecular weight excluding hydrogens is 406 g/mol. The summed E-state index contributed by atoms with van der Waals surface area (Å²) in [6.07, 6.45) is 5.84. The van der Waals surface area contributed by atoms with E-state index in [1.807, 2.05) is 19.1 Å². The van der Waals surface area contributed by atoms with E-state index in [-0.39, 0.29) is 5.54 Å². The number of aryl methyl sites for hydroxylation is 2. The number of nitrogens with zero attached hydrogens (tertiary/aromatic N) is 2. The number of carbonyl (C=O) groups excluding carboxylic acids is 2. The van der Waals surface area contributed by atoms with Crippen molar-refractivity contribution in [3.05, 3.63) is 51.3 Å². The second-order valence-electron chi connectivity index (χ2n) is 7.60. The normalized spacial score (nSPS) is 16.1. The average molecular weight is 432 g/mol. The Balaban J connectivity index is 1.82. The number of amides is 1. The third-order valence-electron chi connectivity index (χ3n) is 5.59. The van der Waals surface area contributed by atoms with Gasteiger partial charge in [0.25, 0.3) is 11.7 Å². The summed E-state index contributed by atoms with van der Waals surface area (Å²) in [5, 5.41) is 7.39. The number of halogens is 1. The highest BCUT2D eigenvalue weighted by Crippen LogP contribution is 2.32. The standard InChI is InChI=1S/C21H26BrN3O2/c1-14-18(15(2)25(3)24-14)19(26)20(27)23-21(11-5-4-6-12-21)13-16-7-9-17(22)10-8-16/h7-10H,4-6,11-13H2,1-3H3,(H,23,27). The molecule has 1 fully saturated rings. The number of benzene rings is 1. The smallest absolute Gasteiger partial charge is 0.292 e. The molecule has 2 aromatic rings. The van der Waals surface area contributed by atoms with Gasteiger partial charge in [0.2, 0.25) is 0 Å². The molecule has 0 saturated heterocycles. The Kier molecular flexibility index (Phi) is 5.84. The molecule has 27 heavy (non-hydrogen) atoms. The highest BCUT2D eigenvalue weighted by Gasteiger charge is 2.36. The zero-order chi connectivity index (χ0) is 19.6. The molecule has 0 unspecified atom stereocenters. The molecule has 5 nitrogen and oxygen atoms in total. The Bertz CT molecular complexity index is 849. The van der Waals surface area contributed by atoms with Gasteiger partial charge >= 0.3 is 0 Å². The molecule has 1 amide bonds. The van der Waals surface area contributed by atoms with Gasteiger partial charge in [0.15, 0.2) is 0 Å². The van der Waals surface area contributed by atoms with Crippen molar-refractivity contribution in [3.8, 4) is 0 Å². The molecule has 1 N–H and O–H groups in total. The molecule has 1 aliphatic carbocycles. The molecule has 3 rings (SSSR count). The number of rotatable bonds is 5. The Morgan fingerprint density at radius 2 is 1.78 bits per heavy atom. The van der Waals surface area contributed by atoms with E-state index in [9.17, 15) is 9.59 Å². The number of hydrogen-bond acceptors (Lipinski definition) is 3. The van der Waals surface area contributed by atoms with Gasteiger partial charge in [-0.3, -0.25) is 14.3 Å². The molecule has 1 aromatic heterocycles. The summed E-state index contributed by atoms with van der Waals surface area (Å²) in [6.45, 7) is 3.59. The maximum atomic E-state index is 12.9. The van der Waals surface area contributed by atoms with Crippen molar-refractivity contribution in [2.75, 3.05) is 0 Å². The topological polar surface area (TPSA) is 64.0 Å². The highest BCUT2D eigenvalue weighted by atomic mass is 79.9. The first-order chi connectivity index (χ1) is 12.8. The van der Waals surface area contributed by atoms with Gasteiger partial charge in [-0.05, 0) is 50.8 Å². The highest BCUT2D eigenvalue weighted by molar-refractivity contribution is 9.10. The third kappa shape index (κ3) is 4.32. The first kappa shape index (κ1) is 19.8. The molecular formula is C21H26BrN3O2. The maximum absolute atomic E-state index is 12.9. The lowest BCUT2D eigenvalue weighted by Gasteiger charge is -2.38. The van der Waals surface area contributed by atoms with Gasteiger partial charge in [0.05, 0.1) is 11.3 Å². The van der Waals surface area contributed by atoms with Crippen molar-refractivity contribution in [3.63, 3.8) is 0 Å². The third-order valence-corrected chi connectivity index (χ3v) is 6.12. The number of nitrogens with one attached hydrogen (secondary N) is 1. The molecule has 144 valence electrons. The van der Waals surface area contributed by atoms with Crippen LogP contribution in [0.5, 0.6) is 0 Å². The predicted molar refractivity (Wildman–Crippen MR) is 109 cm³/mol. The first-order valence-corrected chi connectivity index (χ1v) is 10.2. The van der Waals surface area contributed by atoms with Crippen LogP contribution in [-0.2, 0) is 18.3 Å². The molecule has 1 heterocycles. The van der Waals surface area contributed by atoms with Crippen LogP contribution < -0.4 is 5.32 Å². The summed E-state index contributed by atoms with van der Waals surface area (Å²) in [4.78, 5) is 25.7. The molecule has 1 saturated carbocycles. The van der Waals surface area contributed by atoms with Crippen LogP contribution in [0.15, 0.2) is 28.7 Å². The lowest BCUT2D eigenvalue weighted by molar-refractivity contribution is -0.119. The van der Waals surface area contributed by atoms with Gasteiger partial charge < -0.3 is 5.32 Å². The van der Waals surface area contributed by atoms with Crippen LogP contribution in [-0.4, -0.2) is 27.0 Å². The minimum atomic E-state index is -0.520. The lowest BCUT2D eigenvalue weighted by atomic mass is 9.77. The van der Waals surface area contributed by atoms with Crippen molar-refractivity contribution in [1.82, 2.24) is 15.1 Å². The van der Waals surface area contributed by atoms with Crippen molar-refractivity contribution >= 4 is 27.6 Å². The molecule has 0 aliphatic heterocycles. The quantitative estimate of drug-likeness (QED) is 0.573. The Labute approximate surface area is 168 Å². The molecule has 0 atom stereocenters. The minimum Gasteiger partial charge on any atom is -0.343 e. The van der Waals surface area contributed by atoms with Crippen LogP contribution >= 0.6 is 15.9 Å². The van der Waals surface area contributed by atoms with Gasteiger partial charge in [0, 0.05) is 22.8 Å². The largest absolute Gasteiger partial charge is 0.343 e. The van der Waals surface area contributed by atoms with Gasteiger partial charge in [-0.25, -0.2) is 0 Å². The van der Waals surface area contributed by atoms with Crippen LogP contribution in [0.3, 0.4) is 0 Å². The number of Topliss-reactive ketones (excluding diaryl/α,β-unsaturated/α-hetero) is 1. The van der Waals surface area contributed by atoms with E-state index < -0.39 is 11.7 Å². The molecule has 6 heteroatoms. The molecule has 0 radical (unpaired) electrons. The zero-order valence-electron chi connectivity index (χ0n) is 16.1. The van der Waals surface area contributed by atoms with Gasteiger partial charge in [-0.2, -0.15) is 5.10 Å². The molecule has 0 bridgehead atoms. The van der Waals surface area contributed by atoms with Gasteiger partial charge in [-0.1, -0.05) is 47.3 Å². The maximum Gasteiger partial charge on any atom is 0.292 e. The van der Waals surface area contributed by atoms with Gasteiger partial charge in [0.1, 0.15) is 0 Å². The summed E-state index contributed by atoms with van der Waals surface area (Å²) in [7, 11) is 1.78. The summed E-state index contributed by atoms with van der Waals surface area (Å²) in [6, 6.07) is 8.18.